The van der Waals surface area contributed by atoms with Crippen LogP contribution in [0.2, 0.25) is 0 Å². The summed E-state index contributed by atoms with van der Waals surface area (Å²) < 4.78 is 0. The monoisotopic (exact) mass is 312 g/mol. The summed E-state index contributed by atoms with van der Waals surface area (Å²) in [5.74, 6) is 1.40. The molecule has 0 aliphatic carbocycles. The van der Waals surface area contributed by atoms with Crippen LogP contribution in [0.1, 0.15) is 37.0 Å². The van der Waals surface area contributed by atoms with Crippen LogP contribution in [-0.4, -0.2) is 16.1 Å². The number of anilines is 3. The van der Waals surface area contributed by atoms with Crippen LogP contribution in [-0.2, 0) is 4.79 Å². The fourth-order valence-corrected chi connectivity index (χ4v) is 2.54. The van der Waals surface area contributed by atoms with Gasteiger partial charge in [-0.3, -0.25) is 4.79 Å². The predicted octanol–water partition coefficient (Wildman–Crippen LogP) is 4.13. The van der Waals surface area contributed by atoms with E-state index in [1.165, 1.54) is 16.7 Å². The van der Waals surface area contributed by atoms with E-state index in [-0.39, 0.29) is 5.91 Å². The fourth-order valence-electron chi connectivity index (χ4n) is 2.54. The van der Waals surface area contributed by atoms with Crippen LogP contribution in [0, 0.1) is 26.7 Å². The van der Waals surface area contributed by atoms with Crippen molar-refractivity contribution in [1.82, 2.24) is 10.2 Å². The SMILES string of the molecule is Cc1cc(C)c(Nc2ccc(NC(=O)CC(C)C)nn2)c(C)c1. The van der Waals surface area contributed by atoms with Gasteiger partial charge in [-0.25, -0.2) is 0 Å². The van der Waals surface area contributed by atoms with Crippen molar-refractivity contribution >= 4 is 23.2 Å². The molecule has 2 aromatic rings. The lowest BCUT2D eigenvalue weighted by Crippen LogP contribution is -2.15. The zero-order valence-corrected chi connectivity index (χ0v) is 14.4. The van der Waals surface area contributed by atoms with E-state index in [4.69, 9.17) is 0 Å². The number of nitrogens with one attached hydrogen (secondary N) is 2. The Kier molecular flexibility index (Phi) is 5.32. The first-order chi connectivity index (χ1) is 10.8. The van der Waals surface area contributed by atoms with Crippen LogP contribution < -0.4 is 10.6 Å². The molecule has 0 radical (unpaired) electrons. The third-order valence-corrected chi connectivity index (χ3v) is 3.46. The molecule has 0 bridgehead atoms. The van der Waals surface area contributed by atoms with Crippen molar-refractivity contribution in [2.45, 2.75) is 41.0 Å². The second kappa shape index (κ2) is 7.22. The minimum absolute atomic E-state index is 0.0415. The number of nitrogens with zero attached hydrogens (tertiary/aromatic N) is 2. The maximum absolute atomic E-state index is 11.7. The lowest BCUT2D eigenvalue weighted by atomic mass is 10.1. The zero-order chi connectivity index (χ0) is 17.0. The fraction of sp³-hybridized carbons (Fsp3) is 0.389. The lowest BCUT2D eigenvalue weighted by molar-refractivity contribution is -0.116. The topological polar surface area (TPSA) is 66.9 Å². The number of rotatable bonds is 5. The van der Waals surface area contributed by atoms with Crippen LogP contribution in [0.5, 0.6) is 0 Å². The third-order valence-electron chi connectivity index (χ3n) is 3.46. The minimum Gasteiger partial charge on any atom is -0.338 e. The normalized spacial score (nSPS) is 10.7. The number of aryl methyl sites for hydroxylation is 3. The number of hydrogen-bond donors (Lipinski definition) is 2. The van der Waals surface area contributed by atoms with Crippen molar-refractivity contribution < 1.29 is 4.79 Å². The molecule has 0 saturated carbocycles. The second-order valence-corrected chi connectivity index (χ2v) is 6.35. The van der Waals surface area contributed by atoms with E-state index in [0.717, 1.165) is 5.69 Å². The van der Waals surface area contributed by atoms with Gasteiger partial charge in [-0.05, 0) is 49.9 Å². The molecule has 2 N–H and O–H groups in total. The molecule has 0 unspecified atom stereocenters. The van der Waals surface area contributed by atoms with E-state index in [2.05, 4.69) is 53.7 Å². The lowest BCUT2D eigenvalue weighted by Gasteiger charge is -2.13. The second-order valence-electron chi connectivity index (χ2n) is 6.35. The highest BCUT2D eigenvalue weighted by atomic mass is 16.1. The number of carbonyl (C=O) groups is 1. The van der Waals surface area contributed by atoms with Gasteiger partial charge in [0, 0.05) is 12.1 Å². The van der Waals surface area contributed by atoms with E-state index in [1.54, 1.807) is 6.07 Å². The highest BCUT2D eigenvalue weighted by Gasteiger charge is 2.08. The third kappa shape index (κ3) is 4.77. The van der Waals surface area contributed by atoms with Crippen molar-refractivity contribution in [3.63, 3.8) is 0 Å². The number of carbonyl (C=O) groups excluding carboxylic acids is 1. The molecular weight excluding hydrogens is 288 g/mol. The largest absolute Gasteiger partial charge is 0.338 e. The smallest absolute Gasteiger partial charge is 0.225 e. The highest BCUT2D eigenvalue weighted by molar-refractivity contribution is 5.89. The van der Waals surface area contributed by atoms with E-state index >= 15 is 0 Å². The van der Waals surface area contributed by atoms with Crippen molar-refractivity contribution in [1.29, 1.82) is 0 Å². The quantitative estimate of drug-likeness (QED) is 0.871. The standard InChI is InChI=1S/C18H24N4O/c1-11(2)8-17(23)19-15-6-7-16(22-21-15)20-18-13(4)9-12(3)10-14(18)5/h6-7,9-11H,8H2,1-5H3,(H,20,22)(H,19,21,23). The first-order valence-electron chi connectivity index (χ1n) is 7.83. The van der Waals surface area contributed by atoms with Gasteiger partial charge < -0.3 is 10.6 Å². The van der Waals surface area contributed by atoms with Crippen molar-refractivity contribution in [2.24, 2.45) is 5.92 Å². The van der Waals surface area contributed by atoms with Gasteiger partial charge in [-0.1, -0.05) is 31.5 Å². The summed E-state index contributed by atoms with van der Waals surface area (Å²) in [6.45, 7) is 10.2. The van der Waals surface area contributed by atoms with Crippen molar-refractivity contribution in [2.75, 3.05) is 10.6 Å². The molecule has 0 atom stereocenters. The molecule has 5 nitrogen and oxygen atoms in total. The molecule has 122 valence electrons. The Morgan fingerprint density at radius 2 is 1.61 bits per heavy atom. The number of aromatic nitrogens is 2. The van der Waals surface area contributed by atoms with Gasteiger partial charge in [0.05, 0.1) is 0 Å². The zero-order valence-electron chi connectivity index (χ0n) is 14.4. The highest BCUT2D eigenvalue weighted by Crippen LogP contribution is 2.25. The van der Waals surface area contributed by atoms with Crippen LogP contribution in [0.4, 0.5) is 17.3 Å². The molecule has 2 rings (SSSR count). The van der Waals surface area contributed by atoms with Crippen LogP contribution >= 0.6 is 0 Å². The minimum atomic E-state index is -0.0415. The molecule has 0 aliphatic rings. The molecule has 1 heterocycles. The van der Waals surface area contributed by atoms with Crippen LogP contribution in [0.25, 0.3) is 0 Å². The Bertz CT molecular complexity index is 670. The summed E-state index contributed by atoms with van der Waals surface area (Å²) in [4.78, 5) is 11.7. The molecule has 23 heavy (non-hydrogen) atoms. The van der Waals surface area contributed by atoms with Crippen LogP contribution in [0.3, 0.4) is 0 Å². The van der Waals surface area contributed by atoms with Gasteiger partial charge in [0.1, 0.15) is 0 Å². The van der Waals surface area contributed by atoms with Crippen molar-refractivity contribution in [3.05, 3.63) is 41.0 Å². The number of amides is 1. The van der Waals surface area contributed by atoms with E-state index in [0.29, 0.717) is 24.0 Å². The summed E-state index contributed by atoms with van der Waals surface area (Å²) in [5.41, 5.74) is 4.61. The first kappa shape index (κ1) is 16.9. The van der Waals surface area contributed by atoms with Gasteiger partial charge in [-0.2, -0.15) is 0 Å². The van der Waals surface area contributed by atoms with Gasteiger partial charge in [-0.15, -0.1) is 10.2 Å². The molecule has 0 spiro atoms. The number of benzene rings is 1. The maximum atomic E-state index is 11.7. The summed E-state index contributed by atoms with van der Waals surface area (Å²) in [6, 6.07) is 7.83. The average Bonchev–Trinajstić information content (AvgIpc) is 2.43. The van der Waals surface area contributed by atoms with Gasteiger partial charge in [0.25, 0.3) is 0 Å². The molecule has 0 fully saturated rings. The van der Waals surface area contributed by atoms with E-state index in [9.17, 15) is 4.79 Å². The average molecular weight is 312 g/mol. The van der Waals surface area contributed by atoms with E-state index in [1.807, 2.05) is 19.9 Å². The Balaban J connectivity index is 2.07. The van der Waals surface area contributed by atoms with Crippen molar-refractivity contribution in [3.8, 4) is 0 Å². The maximum Gasteiger partial charge on any atom is 0.225 e. The van der Waals surface area contributed by atoms with Crippen LogP contribution in [0.15, 0.2) is 24.3 Å². The Hall–Kier alpha value is -2.43. The molecule has 5 heteroatoms. The first-order valence-corrected chi connectivity index (χ1v) is 7.83. The summed E-state index contributed by atoms with van der Waals surface area (Å²) in [5, 5.41) is 14.2. The molecule has 1 amide bonds. The van der Waals surface area contributed by atoms with Gasteiger partial charge in [0.2, 0.25) is 5.91 Å². The summed E-state index contributed by atoms with van der Waals surface area (Å²) in [6.07, 6.45) is 0.476. The Morgan fingerprint density at radius 3 is 2.13 bits per heavy atom. The van der Waals surface area contributed by atoms with E-state index < -0.39 is 0 Å². The summed E-state index contributed by atoms with van der Waals surface area (Å²) in [7, 11) is 0. The van der Waals surface area contributed by atoms with Gasteiger partial charge >= 0.3 is 0 Å². The Morgan fingerprint density at radius 1 is 1.04 bits per heavy atom. The molecule has 0 aliphatic heterocycles. The molecule has 1 aromatic heterocycles. The van der Waals surface area contributed by atoms with Gasteiger partial charge in [0.15, 0.2) is 11.6 Å². The Labute approximate surface area is 137 Å². The predicted molar refractivity (Wildman–Crippen MR) is 94.1 cm³/mol. The molecule has 0 saturated heterocycles. The molecule has 1 aromatic carbocycles. The molecular formula is C18H24N4O. The summed E-state index contributed by atoms with van der Waals surface area (Å²) >= 11 is 0. The number of hydrogen-bond acceptors (Lipinski definition) is 4.